The van der Waals surface area contributed by atoms with Crippen molar-refractivity contribution in [2.75, 3.05) is 18.2 Å². The molecule has 0 aliphatic rings. The summed E-state index contributed by atoms with van der Waals surface area (Å²) in [6.07, 6.45) is 0. The number of hydrogen-bond donors (Lipinski definition) is 2. The zero-order valence-corrected chi connectivity index (χ0v) is 20.4. The van der Waals surface area contributed by atoms with E-state index in [4.69, 9.17) is 4.74 Å². The van der Waals surface area contributed by atoms with E-state index in [9.17, 15) is 19.5 Å². The number of carbonyl (C=O) groups excluding carboxylic acids is 1. The van der Waals surface area contributed by atoms with Crippen molar-refractivity contribution in [3.05, 3.63) is 80.0 Å². The first-order valence-electron chi connectivity index (χ1n) is 10.3. The second-order valence-electron chi connectivity index (χ2n) is 7.66. The highest BCUT2D eigenvalue weighted by Gasteiger charge is 2.22. The zero-order valence-electron chi connectivity index (χ0n) is 19.6. The first-order chi connectivity index (χ1) is 16.1. The maximum atomic E-state index is 12.9. The van der Waals surface area contributed by atoms with Gasteiger partial charge in [-0.25, -0.2) is 9.79 Å². The fraction of sp³-hybridized carbons (Fsp3) is 0.250. The third kappa shape index (κ3) is 5.40. The predicted molar refractivity (Wildman–Crippen MR) is 135 cm³/mol. The maximum absolute atomic E-state index is 12.9. The smallest absolute Gasteiger partial charge is 0.333 e. The van der Waals surface area contributed by atoms with E-state index in [1.54, 1.807) is 30.3 Å². The van der Waals surface area contributed by atoms with Gasteiger partial charge in [0.1, 0.15) is 16.4 Å². The van der Waals surface area contributed by atoms with Crippen LogP contribution in [0.4, 0.5) is 11.4 Å². The van der Waals surface area contributed by atoms with E-state index < -0.39 is 17.1 Å². The molecule has 9 nitrogen and oxygen atoms in total. The Balaban J connectivity index is 1.99. The number of aryl methyl sites for hydroxylation is 2. The molecule has 2 aromatic carbocycles. The van der Waals surface area contributed by atoms with E-state index in [2.05, 4.69) is 10.3 Å². The van der Waals surface area contributed by atoms with E-state index in [1.807, 2.05) is 26.0 Å². The number of amides is 1. The average Bonchev–Trinajstić information content (AvgIpc) is 2.82. The predicted octanol–water partition coefficient (Wildman–Crippen LogP) is 2.87. The molecular formula is C24H26N4O5S. The number of hydrogen-bond acceptors (Lipinski definition) is 7. The van der Waals surface area contributed by atoms with Crippen molar-refractivity contribution in [2.45, 2.75) is 13.8 Å². The lowest BCUT2D eigenvalue weighted by Crippen LogP contribution is -2.39. The van der Waals surface area contributed by atoms with E-state index in [1.165, 1.54) is 21.2 Å². The van der Waals surface area contributed by atoms with E-state index >= 15 is 0 Å². The molecule has 1 amide bonds. The van der Waals surface area contributed by atoms with Gasteiger partial charge >= 0.3 is 5.69 Å². The molecule has 34 heavy (non-hydrogen) atoms. The molecule has 0 atom stereocenters. The van der Waals surface area contributed by atoms with Crippen molar-refractivity contribution in [1.29, 1.82) is 0 Å². The number of ether oxygens (including phenoxy) is 1. The summed E-state index contributed by atoms with van der Waals surface area (Å²) in [6, 6.07) is 12.4. The van der Waals surface area contributed by atoms with Crippen molar-refractivity contribution < 1.29 is 14.6 Å². The number of thioether (sulfide) groups is 1. The highest BCUT2D eigenvalue weighted by atomic mass is 32.2. The number of aromatic hydroxyl groups is 1. The second kappa shape index (κ2) is 10.4. The third-order valence-electron chi connectivity index (χ3n) is 5.26. The Bertz CT molecular complexity index is 1390. The summed E-state index contributed by atoms with van der Waals surface area (Å²) in [6.45, 7) is 3.90. The van der Waals surface area contributed by atoms with Gasteiger partial charge in [-0.05, 0) is 49.2 Å². The minimum atomic E-state index is -0.705. The fourth-order valence-electron chi connectivity index (χ4n) is 3.13. The molecule has 1 aromatic heterocycles. The lowest BCUT2D eigenvalue weighted by Gasteiger charge is -2.13. The van der Waals surface area contributed by atoms with Crippen molar-refractivity contribution in [3.63, 3.8) is 0 Å². The number of nitrogens with zero attached hydrogens (tertiary/aromatic N) is 3. The summed E-state index contributed by atoms with van der Waals surface area (Å²) in [5.74, 6) is -0.351. The van der Waals surface area contributed by atoms with Gasteiger partial charge in [-0.15, -0.1) is 0 Å². The number of anilines is 1. The van der Waals surface area contributed by atoms with Crippen LogP contribution in [0.3, 0.4) is 0 Å². The van der Waals surface area contributed by atoms with Gasteiger partial charge in [-0.1, -0.05) is 23.9 Å². The molecule has 3 aromatic rings. The van der Waals surface area contributed by atoms with Crippen LogP contribution < -0.4 is 21.3 Å². The van der Waals surface area contributed by atoms with Crippen LogP contribution in [0.1, 0.15) is 16.7 Å². The maximum Gasteiger partial charge on any atom is 0.333 e. The molecule has 0 bridgehead atoms. The van der Waals surface area contributed by atoms with Crippen molar-refractivity contribution in [3.8, 4) is 11.6 Å². The number of methoxy groups -OCH3 is 1. The highest BCUT2D eigenvalue weighted by molar-refractivity contribution is 8.15. The van der Waals surface area contributed by atoms with Crippen LogP contribution in [0.25, 0.3) is 0 Å². The second-order valence-corrected chi connectivity index (χ2v) is 8.62. The van der Waals surface area contributed by atoms with Crippen molar-refractivity contribution in [2.24, 2.45) is 19.1 Å². The number of aliphatic imine (C=N–C) groups is 1. The molecule has 3 rings (SSSR count). The van der Waals surface area contributed by atoms with Gasteiger partial charge < -0.3 is 15.2 Å². The summed E-state index contributed by atoms with van der Waals surface area (Å²) in [7, 11) is 4.21. The third-order valence-corrected chi connectivity index (χ3v) is 6.24. The van der Waals surface area contributed by atoms with Gasteiger partial charge in [0.15, 0.2) is 0 Å². The minimum Gasteiger partial charge on any atom is -0.497 e. The summed E-state index contributed by atoms with van der Waals surface area (Å²) >= 11 is 0.986. The van der Waals surface area contributed by atoms with E-state index in [-0.39, 0.29) is 22.3 Å². The van der Waals surface area contributed by atoms with Crippen LogP contribution in [0.5, 0.6) is 11.6 Å². The van der Waals surface area contributed by atoms with Gasteiger partial charge in [0, 0.05) is 25.8 Å². The first kappa shape index (κ1) is 24.8. The molecule has 178 valence electrons. The number of carbonyl (C=O) groups is 1. The molecule has 0 saturated carbocycles. The Morgan fingerprint density at radius 3 is 2.50 bits per heavy atom. The van der Waals surface area contributed by atoms with Crippen LogP contribution in [0.2, 0.25) is 0 Å². The lowest BCUT2D eigenvalue weighted by molar-refractivity contribution is -0.113. The Hall–Kier alpha value is -3.79. The summed E-state index contributed by atoms with van der Waals surface area (Å²) < 4.78 is 7.02. The molecule has 0 saturated heterocycles. The summed E-state index contributed by atoms with van der Waals surface area (Å²) in [5, 5.41) is 13.5. The van der Waals surface area contributed by atoms with Crippen LogP contribution in [-0.2, 0) is 18.9 Å². The zero-order chi connectivity index (χ0) is 25.0. The number of benzene rings is 2. The van der Waals surface area contributed by atoms with Gasteiger partial charge in [0.25, 0.3) is 5.56 Å². The molecule has 0 aliphatic heterocycles. The van der Waals surface area contributed by atoms with Crippen molar-refractivity contribution >= 4 is 34.1 Å². The Morgan fingerprint density at radius 2 is 1.82 bits per heavy atom. The SMILES string of the molecule is COc1cccc(NC(=O)CSC(=Nc2ccc(C)c(C)c2)c2c(O)n(C)c(=O)n(C)c2=O)c1. The summed E-state index contributed by atoms with van der Waals surface area (Å²) in [4.78, 5) is 42.3. The molecule has 10 heteroatoms. The molecule has 0 unspecified atom stereocenters. The highest BCUT2D eigenvalue weighted by Crippen LogP contribution is 2.25. The van der Waals surface area contributed by atoms with Gasteiger partial charge in [-0.3, -0.25) is 18.7 Å². The molecule has 0 fully saturated rings. The van der Waals surface area contributed by atoms with Gasteiger partial charge in [0.2, 0.25) is 11.8 Å². The monoisotopic (exact) mass is 482 g/mol. The number of rotatable bonds is 6. The molecule has 1 heterocycles. The molecule has 0 radical (unpaired) electrons. The molecule has 0 spiro atoms. The minimum absolute atomic E-state index is 0.0910. The largest absolute Gasteiger partial charge is 0.497 e. The number of nitrogens with one attached hydrogen (secondary N) is 1. The lowest BCUT2D eigenvalue weighted by atomic mass is 10.1. The van der Waals surface area contributed by atoms with Gasteiger partial charge in [-0.2, -0.15) is 0 Å². The quantitative estimate of drug-likeness (QED) is 0.412. The van der Waals surface area contributed by atoms with Crippen LogP contribution in [-0.4, -0.2) is 38.1 Å². The summed E-state index contributed by atoms with van der Waals surface area (Å²) in [5.41, 5.74) is 1.65. The molecular weight excluding hydrogens is 456 g/mol. The van der Waals surface area contributed by atoms with E-state index in [0.717, 1.165) is 32.0 Å². The fourth-order valence-corrected chi connectivity index (χ4v) is 3.96. The Kier molecular flexibility index (Phi) is 7.62. The topological polar surface area (TPSA) is 115 Å². The molecule has 2 N–H and O–H groups in total. The van der Waals surface area contributed by atoms with E-state index in [0.29, 0.717) is 17.1 Å². The average molecular weight is 483 g/mol. The van der Waals surface area contributed by atoms with Crippen LogP contribution in [0.15, 0.2) is 57.0 Å². The normalized spacial score (nSPS) is 11.4. The first-order valence-corrected chi connectivity index (χ1v) is 11.3. The van der Waals surface area contributed by atoms with Crippen molar-refractivity contribution in [1.82, 2.24) is 9.13 Å². The standard InChI is InChI=1S/C24H26N4O5S/c1-14-9-10-17(11-15(14)2)26-21(20-22(30)27(3)24(32)28(4)23(20)31)34-13-19(29)25-16-7-6-8-18(12-16)33-5/h6-12,30H,13H2,1-5H3,(H,25,29). The number of aromatic nitrogens is 2. The van der Waals surface area contributed by atoms with Gasteiger partial charge in [0.05, 0.1) is 18.6 Å². The van der Waals surface area contributed by atoms with Crippen LogP contribution >= 0.6 is 11.8 Å². The van der Waals surface area contributed by atoms with Crippen LogP contribution in [0, 0.1) is 13.8 Å². The Morgan fingerprint density at radius 1 is 1.09 bits per heavy atom. The Labute approximate surface area is 200 Å². The molecule has 0 aliphatic carbocycles.